The highest BCUT2D eigenvalue weighted by Gasteiger charge is 2.34. The summed E-state index contributed by atoms with van der Waals surface area (Å²) in [4.78, 5) is 48.8. The zero-order chi connectivity index (χ0) is 19.9. The number of hydrogen-bond acceptors (Lipinski definition) is 6. The Morgan fingerprint density at radius 3 is 2.50 bits per heavy atom. The summed E-state index contributed by atoms with van der Waals surface area (Å²) in [6.45, 7) is 3.77. The third kappa shape index (κ3) is 5.87. The Morgan fingerprint density at radius 2 is 1.96 bits per heavy atom. The number of carboxylic acids is 1. The van der Waals surface area contributed by atoms with Gasteiger partial charge in [-0.3, -0.25) is 14.4 Å². The lowest BCUT2D eigenvalue weighted by molar-refractivity contribution is -0.148. The molecule has 1 aliphatic heterocycles. The summed E-state index contributed by atoms with van der Waals surface area (Å²) < 4.78 is 0. The van der Waals surface area contributed by atoms with E-state index in [9.17, 15) is 19.2 Å². The molecule has 1 heterocycles. The van der Waals surface area contributed by atoms with Crippen LogP contribution >= 0.6 is 12.6 Å². The van der Waals surface area contributed by atoms with Crippen LogP contribution in [0.25, 0.3) is 0 Å². The summed E-state index contributed by atoms with van der Waals surface area (Å²) >= 11 is 4.06. The van der Waals surface area contributed by atoms with Crippen molar-refractivity contribution in [3.63, 3.8) is 0 Å². The highest BCUT2D eigenvalue weighted by molar-refractivity contribution is 7.80. The van der Waals surface area contributed by atoms with Gasteiger partial charge in [0.15, 0.2) is 0 Å². The SMILES string of the molecule is CCC(C)C(N)C(=O)NC(CS)C(=O)NCC(=O)N1CCCC1C(=O)O. The maximum Gasteiger partial charge on any atom is 0.326 e. The molecule has 1 aliphatic rings. The van der Waals surface area contributed by atoms with E-state index in [-0.39, 0.29) is 18.2 Å². The Hall–Kier alpha value is -1.81. The Labute approximate surface area is 158 Å². The van der Waals surface area contributed by atoms with E-state index in [4.69, 9.17) is 10.8 Å². The molecule has 0 aromatic rings. The van der Waals surface area contributed by atoms with Crippen LogP contribution < -0.4 is 16.4 Å². The molecule has 0 aromatic heterocycles. The van der Waals surface area contributed by atoms with Gasteiger partial charge in [-0.25, -0.2) is 4.79 Å². The predicted octanol–water partition coefficient (Wildman–Crippen LogP) is -1.03. The minimum Gasteiger partial charge on any atom is -0.480 e. The van der Waals surface area contributed by atoms with Crippen molar-refractivity contribution in [3.8, 4) is 0 Å². The van der Waals surface area contributed by atoms with E-state index >= 15 is 0 Å². The van der Waals surface area contributed by atoms with Crippen molar-refractivity contribution >= 4 is 36.3 Å². The van der Waals surface area contributed by atoms with Crippen molar-refractivity contribution in [2.75, 3.05) is 18.8 Å². The van der Waals surface area contributed by atoms with E-state index in [1.54, 1.807) is 0 Å². The molecule has 0 radical (unpaired) electrons. The van der Waals surface area contributed by atoms with Crippen molar-refractivity contribution in [3.05, 3.63) is 0 Å². The first-order chi connectivity index (χ1) is 12.2. The van der Waals surface area contributed by atoms with E-state index in [1.807, 2.05) is 13.8 Å². The second-order valence-corrected chi connectivity index (χ2v) is 6.82. The predicted molar refractivity (Wildman–Crippen MR) is 98.6 cm³/mol. The molecule has 148 valence electrons. The average molecular weight is 388 g/mol. The second-order valence-electron chi connectivity index (χ2n) is 6.46. The van der Waals surface area contributed by atoms with Crippen LogP contribution in [0.15, 0.2) is 0 Å². The number of carbonyl (C=O) groups is 4. The first-order valence-electron chi connectivity index (χ1n) is 8.69. The molecule has 0 aromatic carbocycles. The molecule has 1 fully saturated rings. The molecule has 0 spiro atoms. The number of amides is 3. The summed E-state index contributed by atoms with van der Waals surface area (Å²) in [5.74, 6) is -2.54. The molecule has 3 amide bonds. The maximum absolute atomic E-state index is 12.2. The van der Waals surface area contributed by atoms with Gasteiger partial charge >= 0.3 is 5.97 Å². The molecule has 9 nitrogen and oxygen atoms in total. The molecule has 26 heavy (non-hydrogen) atoms. The van der Waals surface area contributed by atoms with Crippen molar-refractivity contribution in [1.82, 2.24) is 15.5 Å². The van der Waals surface area contributed by atoms with E-state index in [0.29, 0.717) is 19.4 Å². The van der Waals surface area contributed by atoms with Crippen molar-refractivity contribution in [2.24, 2.45) is 11.7 Å². The van der Waals surface area contributed by atoms with Gasteiger partial charge in [0.2, 0.25) is 17.7 Å². The topological polar surface area (TPSA) is 142 Å². The lowest BCUT2D eigenvalue weighted by atomic mass is 9.99. The Balaban J connectivity index is 2.55. The van der Waals surface area contributed by atoms with Gasteiger partial charge in [-0.2, -0.15) is 12.6 Å². The van der Waals surface area contributed by atoms with Gasteiger partial charge in [0.05, 0.1) is 12.6 Å². The standard InChI is InChI=1S/C16H28N4O5S/c1-3-9(2)13(17)15(23)19-10(8-26)14(22)18-7-12(21)20-6-4-5-11(20)16(24)25/h9-11,13,26H,3-8,17H2,1-2H3,(H,18,22)(H,19,23)(H,24,25). The number of nitrogens with one attached hydrogen (secondary N) is 2. The third-order valence-corrected chi connectivity index (χ3v) is 5.01. The minimum absolute atomic E-state index is 0.0386. The number of nitrogens with zero attached hydrogens (tertiary/aromatic N) is 1. The molecular formula is C16H28N4O5S. The molecule has 0 bridgehead atoms. The lowest BCUT2D eigenvalue weighted by Crippen LogP contribution is -2.55. The number of hydrogen-bond donors (Lipinski definition) is 5. The van der Waals surface area contributed by atoms with Crippen LogP contribution in [0.1, 0.15) is 33.1 Å². The van der Waals surface area contributed by atoms with E-state index < -0.39 is 41.8 Å². The number of aliphatic carboxylic acids is 1. The molecule has 0 saturated carbocycles. The van der Waals surface area contributed by atoms with Crippen LogP contribution in [0.4, 0.5) is 0 Å². The fourth-order valence-corrected chi connectivity index (χ4v) is 2.94. The monoisotopic (exact) mass is 388 g/mol. The van der Waals surface area contributed by atoms with E-state index in [2.05, 4.69) is 23.3 Å². The van der Waals surface area contributed by atoms with Gasteiger partial charge < -0.3 is 26.4 Å². The smallest absolute Gasteiger partial charge is 0.326 e. The van der Waals surface area contributed by atoms with Crippen LogP contribution in [-0.4, -0.2) is 70.7 Å². The number of carbonyl (C=O) groups excluding carboxylic acids is 3. The van der Waals surface area contributed by atoms with Crippen molar-refractivity contribution in [2.45, 2.75) is 51.2 Å². The molecule has 1 rings (SSSR count). The molecule has 10 heteroatoms. The number of thiol groups is 1. The van der Waals surface area contributed by atoms with Gasteiger partial charge in [-0.1, -0.05) is 20.3 Å². The molecule has 1 saturated heterocycles. The Morgan fingerprint density at radius 1 is 1.31 bits per heavy atom. The third-order valence-electron chi connectivity index (χ3n) is 4.65. The Bertz CT molecular complexity index is 545. The minimum atomic E-state index is -1.05. The van der Waals surface area contributed by atoms with Gasteiger partial charge in [-0.15, -0.1) is 0 Å². The summed E-state index contributed by atoms with van der Waals surface area (Å²) in [5.41, 5.74) is 5.84. The lowest BCUT2D eigenvalue weighted by Gasteiger charge is -2.24. The molecule has 4 atom stereocenters. The van der Waals surface area contributed by atoms with Crippen molar-refractivity contribution in [1.29, 1.82) is 0 Å². The van der Waals surface area contributed by atoms with Gasteiger partial charge in [0.25, 0.3) is 0 Å². The highest BCUT2D eigenvalue weighted by Crippen LogP contribution is 2.17. The fraction of sp³-hybridized carbons (Fsp3) is 0.750. The van der Waals surface area contributed by atoms with Crippen LogP contribution in [0.3, 0.4) is 0 Å². The van der Waals surface area contributed by atoms with Gasteiger partial charge in [-0.05, 0) is 18.8 Å². The largest absolute Gasteiger partial charge is 0.480 e. The highest BCUT2D eigenvalue weighted by atomic mass is 32.1. The average Bonchev–Trinajstić information content (AvgIpc) is 3.12. The first-order valence-corrected chi connectivity index (χ1v) is 9.32. The number of likely N-dealkylation sites (tertiary alicyclic amines) is 1. The molecular weight excluding hydrogens is 360 g/mol. The summed E-state index contributed by atoms with van der Waals surface area (Å²) in [7, 11) is 0. The fourth-order valence-electron chi connectivity index (χ4n) is 2.68. The van der Waals surface area contributed by atoms with Crippen molar-refractivity contribution < 1.29 is 24.3 Å². The van der Waals surface area contributed by atoms with E-state index in [1.165, 1.54) is 4.90 Å². The van der Waals surface area contributed by atoms with Crippen LogP contribution in [-0.2, 0) is 19.2 Å². The van der Waals surface area contributed by atoms with Gasteiger partial charge in [0, 0.05) is 12.3 Å². The Kier molecular flexibility index (Phi) is 8.86. The number of carboxylic acid groups (broad SMARTS) is 1. The van der Waals surface area contributed by atoms with Gasteiger partial charge in [0.1, 0.15) is 12.1 Å². The van der Waals surface area contributed by atoms with E-state index in [0.717, 1.165) is 6.42 Å². The molecule has 0 aliphatic carbocycles. The summed E-state index contributed by atoms with van der Waals surface area (Å²) in [5, 5.41) is 14.1. The molecule has 4 unspecified atom stereocenters. The van der Waals surface area contributed by atoms with Crippen LogP contribution in [0.2, 0.25) is 0 Å². The number of rotatable bonds is 9. The maximum atomic E-state index is 12.2. The summed E-state index contributed by atoms with van der Waals surface area (Å²) in [6.07, 6.45) is 1.73. The quantitative estimate of drug-likeness (QED) is 0.320. The second kappa shape index (κ2) is 10.4. The van der Waals surface area contributed by atoms with Crippen LogP contribution in [0, 0.1) is 5.92 Å². The van der Waals surface area contributed by atoms with Crippen LogP contribution in [0.5, 0.6) is 0 Å². The normalized spacial score (nSPS) is 20.2. The zero-order valence-electron chi connectivity index (χ0n) is 15.1. The first kappa shape index (κ1) is 22.2. The number of nitrogens with two attached hydrogens (primary N) is 1. The summed E-state index contributed by atoms with van der Waals surface area (Å²) in [6, 6.07) is -2.52. The zero-order valence-corrected chi connectivity index (χ0v) is 16.0. The molecule has 5 N–H and O–H groups in total.